The minimum absolute atomic E-state index is 0.0303. The Balaban J connectivity index is 1.81. The number of nitrogens with two attached hydrogens (primary N) is 1. The van der Waals surface area contributed by atoms with Gasteiger partial charge in [-0.25, -0.2) is 18.4 Å². The molecule has 0 saturated carbocycles. The van der Waals surface area contributed by atoms with Gasteiger partial charge in [0, 0.05) is 19.0 Å². The van der Waals surface area contributed by atoms with Crippen LogP contribution in [0.4, 0.5) is 11.5 Å². The van der Waals surface area contributed by atoms with Crippen molar-refractivity contribution < 1.29 is 18.0 Å². The van der Waals surface area contributed by atoms with Gasteiger partial charge in [-0.2, -0.15) is 0 Å². The van der Waals surface area contributed by atoms with Gasteiger partial charge in [-0.3, -0.25) is 9.59 Å². The number of sulfone groups is 1. The van der Waals surface area contributed by atoms with Crippen molar-refractivity contribution in [3.05, 3.63) is 41.7 Å². The van der Waals surface area contributed by atoms with E-state index < -0.39 is 21.7 Å². The second-order valence-corrected chi connectivity index (χ2v) is 9.70. The molecule has 30 heavy (non-hydrogen) atoms. The monoisotopic (exact) mass is 431 g/mol. The van der Waals surface area contributed by atoms with Gasteiger partial charge in [0.05, 0.1) is 17.9 Å². The van der Waals surface area contributed by atoms with Gasteiger partial charge in [0.1, 0.15) is 5.82 Å². The molecule has 0 aliphatic carbocycles. The number of pyridine rings is 2. The summed E-state index contributed by atoms with van der Waals surface area (Å²) in [6.07, 6.45) is 5.49. The van der Waals surface area contributed by atoms with Crippen molar-refractivity contribution in [3.8, 4) is 0 Å². The zero-order chi connectivity index (χ0) is 22.1. The Kier molecular flexibility index (Phi) is 6.06. The van der Waals surface area contributed by atoms with Crippen LogP contribution in [0.25, 0.3) is 0 Å². The normalized spacial score (nSPS) is 19.4. The molecule has 2 aromatic heterocycles. The van der Waals surface area contributed by atoms with Crippen LogP contribution in [0.5, 0.6) is 0 Å². The molecule has 0 radical (unpaired) electrons. The second-order valence-electron chi connectivity index (χ2n) is 7.74. The average molecular weight is 432 g/mol. The van der Waals surface area contributed by atoms with Gasteiger partial charge in [-0.05, 0) is 48.9 Å². The molecular formula is C20H25N5O4S. The molecule has 1 aliphatic rings. The molecule has 10 heteroatoms. The lowest BCUT2D eigenvalue weighted by Gasteiger charge is -2.38. The smallest absolute Gasteiger partial charge is 0.313 e. The number of nitrogen functional groups attached to an aromatic ring is 1. The molecule has 3 heterocycles. The number of aryl methyl sites for hydroxylation is 1. The number of piperidine rings is 1. The number of nitrogens with one attached hydrogen (secondary N) is 1. The Labute approximate surface area is 175 Å². The van der Waals surface area contributed by atoms with Crippen molar-refractivity contribution in [1.82, 2.24) is 14.9 Å². The summed E-state index contributed by atoms with van der Waals surface area (Å²) in [7, 11) is -3.41. The largest absolute Gasteiger partial charge is 0.383 e. The first-order chi connectivity index (χ1) is 14.1. The van der Waals surface area contributed by atoms with Crippen LogP contribution in [0, 0.1) is 12.8 Å². The molecule has 2 unspecified atom stereocenters. The third kappa shape index (κ3) is 4.76. The number of carbonyl (C=O) groups is 2. The fourth-order valence-corrected chi connectivity index (χ4v) is 4.06. The number of nitrogens with zero attached hydrogens (tertiary/aromatic N) is 3. The number of hydrogen-bond acceptors (Lipinski definition) is 7. The minimum atomic E-state index is -3.41. The van der Waals surface area contributed by atoms with Crippen molar-refractivity contribution >= 4 is 33.2 Å². The molecule has 0 aromatic carbocycles. The number of carbonyl (C=O) groups excluding carboxylic acids is 2. The number of likely N-dealkylation sites (tertiary alicyclic amines) is 1. The maximum atomic E-state index is 13.0. The van der Waals surface area contributed by atoms with Crippen molar-refractivity contribution in [2.24, 2.45) is 5.92 Å². The number of amides is 2. The Bertz CT molecular complexity index is 1070. The quantitative estimate of drug-likeness (QED) is 0.706. The molecule has 2 amide bonds. The highest BCUT2D eigenvalue weighted by Gasteiger charge is 2.34. The van der Waals surface area contributed by atoms with E-state index in [4.69, 9.17) is 5.73 Å². The van der Waals surface area contributed by atoms with Gasteiger partial charge in [0.25, 0.3) is 0 Å². The Morgan fingerprint density at radius 2 is 1.93 bits per heavy atom. The topological polar surface area (TPSA) is 135 Å². The molecule has 0 bridgehead atoms. The predicted octanol–water partition coefficient (Wildman–Crippen LogP) is 1.71. The standard InChI is InChI=1S/C20H25N5O4S/c1-12-4-6-16(14-5-7-17(22-9-14)30(3,28)29)25(11-12)20(27)19(26)24-15-8-13(2)18(21)23-10-15/h5,7-10,12,16H,4,6,11H2,1-3H3,(H2,21,23)(H,24,26). The average Bonchev–Trinajstić information content (AvgIpc) is 2.69. The van der Waals surface area contributed by atoms with Crippen LogP contribution in [-0.4, -0.2) is 47.9 Å². The van der Waals surface area contributed by atoms with E-state index in [1.807, 2.05) is 6.92 Å². The van der Waals surface area contributed by atoms with Crippen LogP contribution in [0.3, 0.4) is 0 Å². The molecule has 2 atom stereocenters. The molecule has 160 valence electrons. The number of aromatic nitrogens is 2. The third-order valence-electron chi connectivity index (χ3n) is 5.17. The summed E-state index contributed by atoms with van der Waals surface area (Å²) in [5.41, 5.74) is 7.47. The first-order valence-corrected chi connectivity index (χ1v) is 11.5. The van der Waals surface area contributed by atoms with Crippen LogP contribution >= 0.6 is 0 Å². The highest BCUT2D eigenvalue weighted by molar-refractivity contribution is 7.90. The van der Waals surface area contributed by atoms with Crippen molar-refractivity contribution in [3.63, 3.8) is 0 Å². The lowest BCUT2D eigenvalue weighted by atomic mass is 9.90. The van der Waals surface area contributed by atoms with Crippen molar-refractivity contribution in [1.29, 1.82) is 0 Å². The minimum Gasteiger partial charge on any atom is -0.383 e. The highest BCUT2D eigenvalue weighted by Crippen LogP contribution is 2.33. The summed E-state index contributed by atoms with van der Waals surface area (Å²) in [5.74, 6) is -0.829. The lowest BCUT2D eigenvalue weighted by molar-refractivity contribution is -0.146. The zero-order valence-electron chi connectivity index (χ0n) is 17.1. The lowest BCUT2D eigenvalue weighted by Crippen LogP contribution is -2.46. The summed E-state index contributed by atoms with van der Waals surface area (Å²) >= 11 is 0. The first kappa shape index (κ1) is 21.7. The van der Waals surface area contributed by atoms with E-state index in [1.54, 1.807) is 19.1 Å². The first-order valence-electron chi connectivity index (χ1n) is 9.56. The van der Waals surface area contributed by atoms with E-state index in [0.717, 1.165) is 12.7 Å². The van der Waals surface area contributed by atoms with Crippen LogP contribution in [0.15, 0.2) is 35.6 Å². The van der Waals surface area contributed by atoms with Crippen molar-refractivity contribution in [2.75, 3.05) is 23.9 Å². The van der Waals surface area contributed by atoms with Crippen LogP contribution in [0.2, 0.25) is 0 Å². The summed E-state index contributed by atoms with van der Waals surface area (Å²) < 4.78 is 23.3. The van der Waals surface area contributed by atoms with Crippen LogP contribution in [0.1, 0.15) is 36.9 Å². The van der Waals surface area contributed by atoms with E-state index >= 15 is 0 Å². The van der Waals surface area contributed by atoms with Crippen LogP contribution in [-0.2, 0) is 19.4 Å². The van der Waals surface area contributed by atoms with E-state index in [1.165, 1.54) is 23.4 Å². The van der Waals surface area contributed by atoms with Gasteiger partial charge in [-0.1, -0.05) is 13.0 Å². The highest BCUT2D eigenvalue weighted by atomic mass is 32.2. The van der Waals surface area contributed by atoms with Crippen molar-refractivity contribution in [2.45, 2.75) is 37.8 Å². The van der Waals surface area contributed by atoms with Crippen LogP contribution < -0.4 is 11.1 Å². The number of anilines is 2. The van der Waals surface area contributed by atoms with Gasteiger partial charge < -0.3 is 16.0 Å². The maximum Gasteiger partial charge on any atom is 0.313 e. The number of rotatable bonds is 3. The SMILES string of the molecule is Cc1cc(NC(=O)C(=O)N2CC(C)CCC2c2ccc(S(C)(=O)=O)nc2)cnc1N. The van der Waals surface area contributed by atoms with E-state index in [-0.39, 0.29) is 17.0 Å². The number of hydrogen-bond donors (Lipinski definition) is 2. The molecule has 3 N–H and O–H groups in total. The summed E-state index contributed by atoms with van der Waals surface area (Å²) in [6, 6.07) is 4.37. The van der Waals surface area contributed by atoms with E-state index in [0.29, 0.717) is 35.6 Å². The summed E-state index contributed by atoms with van der Waals surface area (Å²) in [5, 5.41) is 2.55. The summed E-state index contributed by atoms with van der Waals surface area (Å²) in [6.45, 7) is 4.20. The Morgan fingerprint density at radius 1 is 1.20 bits per heavy atom. The predicted molar refractivity (Wildman–Crippen MR) is 112 cm³/mol. The molecule has 0 spiro atoms. The third-order valence-corrected chi connectivity index (χ3v) is 6.17. The molecule has 9 nitrogen and oxygen atoms in total. The van der Waals surface area contributed by atoms with E-state index in [9.17, 15) is 18.0 Å². The molecule has 3 rings (SSSR count). The molecule has 1 saturated heterocycles. The van der Waals surface area contributed by atoms with Gasteiger partial charge in [0.2, 0.25) is 0 Å². The van der Waals surface area contributed by atoms with Gasteiger partial charge in [0.15, 0.2) is 14.9 Å². The summed E-state index contributed by atoms with van der Waals surface area (Å²) in [4.78, 5) is 35.1. The molecule has 2 aromatic rings. The Morgan fingerprint density at radius 3 is 2.53 bits per heavy atom. The molecule has 1 fully saturated rings. The molecule has 1 aliphatic heterocycles. The second kappa shape index (κ2) is 8.39. The zero-order valence-corrected chi connectivity index (χ0v) is 17.9. The van der Waals surface area contributed by atoms with E-state index in [2.05, 4.69) is 15.3 Å². The van der Waals surface area contributed by atoms with Gasteiger partial charge >= 0.3 is 11.8 Å². The molecular weight excluding hydrogens is 406 g/mol. The maximum absolute atomic E-state index is 13.0. The fourth-order valence-electron chi connectivity index (χ4n) is 3.50. The fraction of sp³-hybridized carbons (Fsp3) is 0.400. The van der Waals surface area contributed by atoms with Gasteiger partial charge in [-0.15, -0.1) is 0 Å². The Hall–Kier alpha value is -3.01.